The molecule has 0 aliphatic heterocycles. The van der Waals surface area contributed by atoms with Gasteiger partial charge in [-0.25, -0.2) is 0 Å². The van der Waals surface area contributed by atoms with Crippen LogP contribution < -0.4 is 15.4 Å². The van der Waals surface area contributed by atoms with Crippen LogP contribution in [0.2, 0.25) is 0 Å². The second kappa shape index (κ2) is 11.2. The van der Waals surface area contributed by atoms with Crippen LogP contribution >= 0.6 is 11.8 Å². The predicted octanol–water partition coefficient (Wildman–Crippen LogP) is 2.85. The van der Waals surface area contributed by atoms with Crippen LogP contribution in [0.1, 0.15) is 24.0 Å². The molecule has 0 heterocycles. The van der Waals surface area contributed by atoms with Crippen LogP contribution in [0.25, 0.3) is 0 Å². The third kappa shape index (κ3) is 7.07. The van der Waals surface area contributed by atoms with Gasteiger partial charge in [0.25, 0.3) is 0 Å². The van der Waals surface area contributed by atoms with E-state index in [9.17, 15) is 0 Å². The molecule has 1 rings (SSSR count). The van der Waals surface area contributed by atoms with E-state index < -0.39 is 0 Å². The highest BCUT2D eigenvalue weighted by molar-refractivity contribution is 7.98. The van der Waals surface area contributed by atoms with Crippen molar-refractivity contribution in [1.29, 1.82) is 0 Å². The van der Waals surface area contributed by atoms with Gasteiger partial charge in [-0.3, -0.25) is 4.99 Å². The predicted molar refractivity (Wildman–Crippen MR) is 98.4 cm³/mol. The Hall–Kier alpha value is -1.36. The van der Waals surface area contributed by atoms with E-state index in [0.717, 1.165) is 31.2 Å². The second-order valence-corrected chi connectivity index (χ2v) is 6.17. The molecule has 2 N–H and O–H groups in total. The van der Waals surface area contributed by atoms with Crippen molar-refractivity contribution in [3.63, 3.8) is 0 Å². The van der Waals surface area contributed by atoms with E-state index >= 15 is 0 Å². The molecule has 0 radical (unpaired) electrons. The fourth-order valence-corrected chi connectivity index (χ4v) is 2.64. The Morgan fingerprint density at radius 3 is 2.68 bits per heavy atom. The number of unbranched alkanes of at least 4 members (excludes halogenated alkanes) is 1. The first-order valence-corrected chi connectivity index (χ1v) is 9.17. The summed E-state index contributed by atoms with van der Waals surface area (Å²) in [5.74, 6) is 3.06. The van der Waals surface area contributed by atoms with Gasteiger partial charge in [-0.05, 0) is 55.4 Å². The molecule has 0 amide bonds. The summed E-state index contributed by atoms with van der Waals surface area (Å²) < 4.78 is 5.36. The van der Waals surface area contributed by atoms with Gasteiger partial charge in [0, 0.05) is 20.1 Å². The van der Waals surface area contributed by atoms with Crippen molar-refractivity contribution < 1.29 is 4.74 Å². The third-order valence-corrected chi connectivity index (χ3v) is 4.17. The van der Waals surface area contributed by atoms with Gasteiger partial charge in [0.05, 0.1) is 7.11 Å². The minimum Gasteiger partial charge on any atom is -0.496 e. The average molecular weight is 324 g/mol. The Kier molecular flexibility index (Phi) is 9.55. The zero-order chi connectivity index (χ0) is 16.2. The van der Waals surface area contributed by atoms with Gasteiger partial charge < -0.3 is 15.4 Å². The highest BCUT2D eigenvalue weighted by Crippen LogP contribution is 2.18. The number of nitrogens with one attached hydrogen (secondary N) is 2. The summed E-state index contributed by atoms with van der Waals surface area (Å²) in [7, 11) is 3.53. The lowest BCUT2D eigenvalue weighted by molar-refractivity contribution is 0.411. The number of thioether (sulfide) groups is 1. The maximum atomic E-state index is 5.36. The van der Waals surface area contributed by atoms with Crippen molar-refractivity contribution in [1.82, 2.24) is 10.6 Å². The van der Waals surface area contributed by atoms with Crippen molar-refractivity contribution in [2.24, 2.45) is 4.99 Å². The standard InChI is InChI=1S/C17H29N3OS/c1-14-7-8-15(13-16(14)21-3)9-11-20-17(18-2)19-10-5-6-12-22-4/h7-8,13H,5-6,9-12H2,1-4H3,(H2,18,19,20). The summed E-state index contributed by atoms with van der Waals surface area (Å²) in [6.45, 7) is 3.89. The molecule has 0 unspecified atom stereocenters. The summed E-state index contributed by atoms with van der Waals surface area (Å²) >= 11 is 1.90. The van der Waals surface area contributed by atoms with E-state index in [1.807, 2.05) is 18.8 Å². The molecule has 0 saturated heterocycles. The first-order valence-electron chi connectivity index (χ1n) is 7.78. The van der Waals surface area contributed by atoms with E-state index in [0.29, 0.717) is 0 Å². The number of ether oxygens (including phenoxy) is 1. The molecule has 0 saturated carbocycles. The lowest BCUT2D eigenvalue weighted by Crippen LogP contribution is -2.38. The van der Waals surface area contributed by atoms with Crippen LogP contribution in [-0.4, -0.2) is 45.2 Å². The smallest absolute Gasteiger partial charge is 0.190 e. The van der Waals surface area contributed by atoms with Gasteiger partial charge in [0.2, 0.25) is 0 Å². The van der Waals surface area contributed by atoms with Gasteiger partial charge in [-0.2, -0.15) is 11.8 Å². The van der Waals surface area contributed by atoms with Gasteiger partial charge >= 0.3 is 0 Å². The molecule has 1 aromatic carbocycles. The van der Waals surface area contributed by atoms with E-state index in [2.05, 4.69) is 47.0 Å². The average Bonchev–Trinajstić information content (AvgIpc) is 2.54. The van der Waals surface area contributed by atoms with Crippen molar-refractivity contribution in [3.8, 4) is 5.75 Å². The Bertz CT molecular complexity index is 463. The quantitative estimate of drug-likeness (QED) is 0.417. The lowest BCUT2D eigenvalue weighted by Gasteiger charge is -2.12. The Labute approximate surface area is 139 Å². The Balaban J connectivity index is 2.29. The fourth-order valence-electron chi connectivity index (χ4n) is 2.14. The van der Waals surface area contributed by atoms with Crippen molar-refractivity contribution in [2.45, 2.75) is 26.2 Å². The van der Waals surface area contributed by atoms with E-state index in [4.69, 9.17) is 4.74 Å². The number of aliphatic imine (C=N–C) groups is 1. The maximum Gasteiger partial charge on any atom is 0.190 e. The highest BCUT2D eigenvalue weighted by Gasteiger charge is 2.01. The van der Waals surface area contributed by atoms with Gasteiger partial charge in [0.15, 0.2) is 5.96 Å². The molecule has 22 heavy (non-hydrogen) atoms. The van der Waals surface area contributed by atoms with Crippen LogP contribution in [0.15, 0.2) is 23.2 Å². The van der Waals surface area contributed by atoms with Gasteiger partial charge in [-0.15, -0.1) is 0 Å². The van der Waals surface area contributed by atoms with Crippen LogP contribution in [0, 0.1) is 6.92 Å². The highest BCUT2D eigenvalue weighted by atomic mass is 32.2. The van der Waals surface area contributed by atoms with Crippen LogP contribution in [0.5, 0.6) is 5.75 Å². The number of guanidine groups is 1. The summed E-state index contributed by atoms with van der Waals surface area (Å²) in [6, 6.07) is 6.36. The number of methoxy groups -OCH3 is 1. The zero-order valence-corrected chi connectivity index (χ0v) is 15.1. The normalized spacial score (nSPS) is 11.4. The number of hydrogen-bond donors (Lipinski definition) is 2. The van der Waals surface area contributed by atoms with Crippen molar-refractivity contribution >= 4 is 17.7 Å². The van der Waals surface area contributed by atoms with Crippen LogP contribution in [-0.2, 0) is 6.42 Å². The number of nitrogens with zero attached hydrogens (tertiary/aromatic N) is 1. The molecule has 0 aliphatic rings. The topological polar surface area (TPSA) is 45.7 Å². The van der Waals surface area contributed by atoms with Crippen molar-refractivity contribution in [3.05, 3.63) is 29.3 Å². The van der Waals surface area contributed by atoms with Gasteiger partial charge in [-0.1, -0.05) is 12.1 Å². The molecule has 1 aromatic rings. The van der Waals surface area contributed by atoms with Crippen LogP contribution in [0.4, 0.5) is 0 Å². The van der Waals surface area contributed by atoms with E-state index in [-0.39, 0.29) is 0 Å². The second-order valence-electron chi connectivity index (χ2n) is 5.18. The summed E-state index contributed by atoms with van der Waals surface area (Å²) in [5, 5.41) is 6.70. The largest absolute Gasteiger partial charge is 0.496 e. The summed E-state index contributed by atoms with van der Waals surface area (Å²) in [4.78, 5) is 4.25. The maximum absolute atomic E-state index is 5.36. The fraction of sp³-hybridized carbons (Fsp3) is 0.588. The minimum atomic E-state index is 0.858. The zero-order valence-electron chi connectivity index (χ0n) is 14.2. The first kappa shape index (κ1) is 18.7. The molecule has 0 aromatic heterocycles. The molecule has 0 spiro atoms. The van der Waals surface area contributed by atoms with E-state index in [1.165, 1.54) is 29.7 Å². The van der Waals surface area contributed by atoms with Gasteiger partial charge in [0.1, 0.15) is 5.75 Å². The Morgan fingerprint density at radius 1 is 1.23 bits per heavy atom. The Morgan fingerprint density at radius 2 is 2.00 bits per heavy atom. The molecule has 0 aliphatic carbocycles. The third-order valence-electron chi connectivity index (χ3n) is 3.47. The molecular formula is C17H29N3OS. The summed E-state index contributed by atoms with van der Waals surface area (Å²) in [5.41, 5.74) is 2.44. The van der Waals surface area contributed by atoms with Crippen LogP contribution in [0.3, 0.4) is 0 Å². The monoisotopic (exact) mass is 323 g/mol. The molecule has 0 atom stereocenters. The number of rotatable bonds is 9. The molecule has 4 nitrogen and oxygen atoms in total. The molecule has 124 valence electrons. The number of aryl methyl sites for hydroxylation is 1. The number of hydrogen-bond acceptors (Lipinski definition) is 3. The number of benzene rings is 1. The molecular weight excluding hydrogens is 294 g/mol. The van der Waals surface area contributed by atoms with E-state index in [1.54, 1.807) is 7.11 Å². The SMILES string of the molecule is CN=C(NCCCCSC)NCCc1ccc(C)c(OC)c1. The minimum absolute atomic E-state index is 0.858. The molecule has 0 bridgehead atoms. The molecule has 0 fully saturated rings. The lowest BCUT2D eigenvalue weighted by atomic mass is 10.1. The first-order chi connectivity index (χ1) is 10.7. The summed E-state index contributed by atoms with van der Waals surface area (Å²) in [6.07, 6.45) is 5.52. The molecule has 5 heteroatoms. The van der Waals surface area contributed by atoms with Crippen molar-refractivity contribution in [2.75, 3.05) is 39.3 Å².